The van der Waals surface area contributed by atoms with E-state index in [0.717, 1.165) is 22.7 Å². The minimum atomic E-state index is -3.45. The molecule has 0 amide bonds. The van der Waals surface area contributed by atoms with E-state index >= 15 is 0 Å². The summed E-state index contributed by atoms with van der Waals surface area (Å²) in [6.45, 7) is 8.00. The van der Waals surface area contributed by atoms with E-state index < -0.39 is 10.0 Å². The van der Waals surface area contributed by atoms with Gasteiger partial charge in [-0.3, -0.25) is 0 Å². The van der Waals surface area contributed by atoms with Gasteiger partial charge >= 0.3 is 0 Å². The minimum Gasteiger partial charge on any atom is -0.385 e. The van der Waals surface area contributed by atoms with Crippen LogP contribution < -0.4 is 10.0 Å². The molecule has 0 radical (unpaired) electrons. The molecule has 2 N–H and O–H groups in total. The van der Waals surface area contributed by atoms with E-state index in [1.165, 1.54) is 11.3 Å². The van der Waals surface area contributed by atoms with Gasteiger partial charge in [-0.25, -0.2) is 13.1 Å². The molecule has 1 aromatic heterocycles. The van der Waals surface area contributed by atoms with Crippen LogP contribution in [-0.4, -0.2) is 34.7 Å². The molecule has 0 bridgehead atoms. The van der Waals surface area contributed by atoms with Crippen molar-refractivity contribution in [2.24, 2.45) is 0 Å². The Kier molecular flexibility index (Phi) is 7.83. The number of hydrogen-bond acceptors (Lipinski definition) is 5. The van der Waals surface area contributed by atoms with Gasteiger partial charge in [0.1, 0.15) is 0 Å². The molecule has 0 aliphatic rings. The third-order valence-electron chi connectivity index (χ3n) is 3.05. The maximum Gasteiger partial charge on any atom is 0.241 e. The molecule has 1 unspecified atom stereocenters. The molecule has 7 heteroatoms. The second-order valence-electron chi connectivity index (χ2n) is 5.11. The molecule has 1 heterocycles. The smallest absolute Gasteiger partial charge is 0.241 e. The summed E-state index contributed by atoms with van der Waals surface area (Å²) in [5.41, 5.74) is 0. The third kappa shape index (κ3) is 6.04. The lowest BCUT2D eigenvalue weighted by Crippen LogP contribution is -2.33. The fourth-order valence-electron chi connectivity index (χ4n) is 1.95. The number of rotatable bonds is 10. The highest BCUT2D eigenvalue weighted by atomic mass is 32.2. The molecule has 0 saturated carbocycles. The molecule has 1 aromatic rings. The van der Waals surface area contributed by atoms with Crippen molar-refractivity contribution in [1.29, 1.82) is 0 Å². The lowest BCUT2D eigenvalue weighted by Gasteiger charge is -2.13. The summed E-state index contributed by atoms with van der Waals surface area (Å²) >= 11 is 1.53. The van der Waals surface area contributed by atoms with E-state index in [4.69, 9.17) is 4.74 Å². The highest BCUT2D eigenvalue weighted by molar-refractivity contribution is 7.89. The molecule has 21 heavy (non-hydrogen) atoms. The van der Waals surface area contributed by atoms with E-state index in [1.807, 2.05) is 13.8 Å². The Morgan fingerprint density at radius 2 is 2.14 bits per heavy atom. The first-order valence-corrected chi connectivity index (χ1v) is 9.52. The second kappa shape index (κ2) is 8.85. The minimum absolute atomic E-state index is 0.143. The van der Waals surface area contributed by atoms with Crippen LogP contribution in [0.2, 0.25) is 0 Å². The fraction of sp³-hybridized carbons (Fsp3) is 0.714. The third-order valence-corrected chi connectivity index (χ3v) is 5.95. The van der Waals surface area contributed by atoms with Crippen LogP contribution in [0.3, 0.4) is 0 Å². The highest BCUT2D eigenvalue weighted by Crippen LogP contribution is 2.25. The van der Waals surface area contributed by atoms with Crippen molar-refractivity contribution in [2.45, 2.75) is 51.1 Å². The van der Waals surface area contributed by atoms with E-state index in [2.05, 4.69) is 17.0 Å². The van der Waals surface area contributed by atoms with Gasteiger partial charge in [0.2, 0.25) is 10.0 Å². The van der Waals surface area contributed by atoms with Crippen LogP contribution >= 0.6 is 11.3 Å². The number of ether oxygens (including phenoxy) is 1. The summed E-state index contributed by atoms with van der Waals surface area (Å²) in [7, 11) is -1.84. The topological polar surface area (TPSA) is 67.4 Å². The lowest BCUT2D eigenvalue weighted by molar-refractivity contribution is 0.188. The maximum absolute atomic E-state index is 12.4. The number of sulfonamides is 1. The van der Waals surface area contributed by atoms with Crippen LogP contribution in [0.4, 0.5) is 0 Å². The van der Waals surface area contributed by atoms with Crippen LogP contribution in [0.5, 0.6) is 0 Å². The number of hydrogen-bond donors (Lipinski definition) is 2. The summed E-state index contributed by atoms with van der Waals surface area (Å²) in [5, 5.41) is 3.29. The van der Waals surface area contributed by atoms with Gasteiger partial charge in [-0.1, -0.05) is 6.92 Å². The Labute approximate surface area is 132 Å². The van der Waals surface area contributed by atoms with Gasteiger partial charge in [0.15, 0.2) is 0 Å². The average Bonchev–Trinajstić information content (AvgIpc) is 2.78. The predicted molar refractivity (Wildman–Crippen MR) is 87.3 cm³/mol. The Hall–Kier alpha value is -0.470. The van der Waals surface area contributed by atoms with Crippen molar-refractivity contribution < 1.29 is 13.2 Å². The summed E-state index contributed by atoms with van der Waals surface area (Å²) in [4.78, 5) is 2.27. The van der Waals surface area contributed by atoms with Crippen LogP contribution in [0.1, 0.15) is 36.4 Å². The van der Waals surface area contributed by atoms with Crippen molar-refractivity contribution >= 4 is 21.4 Å². The second-order valence-corrected chi connectivity index (χ2v) is 8.14. The number of methoxy groups -OCH3 is 1. The van der Waals surface area contributed by atoms with E-state index in [0.29, 0.717) is 24.5 Å². The van der Waals surface area contributed by atoms with Gasteiger partial charge in [-0.05, 0) is 39.3 Å². The molecule has 0 spiro atoms. The first-order chi connectivity index (χ1) is 9.90. The van der Waals surface area contributed by atoms with Crippen LogP contribution in [0, 0.1) is 6.92 Å². The van der Waals surface area contributed by atoms with Crippen molar-refractivity contribution in [3.63, 3.8) is 0 Å². The Balaban J connectivity index is 2.74. The molecule has 1 atom stereocenters. The van der Waals surface area contributed by atoms with Gasteiger partial charge in [0.05, 0.1) is 4.90 Å². The molecule has 122 valence electrons. The Morgan fingerprint density at radius 1 is 1.43 bits per heavy atom. The molecule has 0 fully saturated rings. The normalized spacial score (nSPS) is 13.5. The highest BCUT2D eigenvalue weighted by Gasteiger charge is 2.21. The first-order valence-electron chi connectivity index (χ1n) is 7.22. The molecule has 0 aliphatic carbocycles. The van der Waals surface area contributed by atoms with E-state index in [9.17, 15) is 8.42 Å². The van der Waals surface area contributed by atoms with Crippen molar-refractivity contribution in [2.75, 3.05) is 20.3 Å². The fourth-order valence-corrected chi connectivity index (χ4v) is 4.83. The Bertz CT molecular complexity index is 526. The molecule has 0 aromatic carbocycles. The van der Waals surface area contributed by atoms with Crippen molar-refractivity contribution in [3.8, 4) is 0 Å². The SMILES string of the molecule is CCCNCc1cc(S(=O)(=O)NC(C)CCOC)c(C)s1. The standard InChI is InChI=1S/C14H26N2O3S2/c1-5-7-15-10-13-9-14(12(3)20-13)21(17,18)16-11(2)6-8-19-4/h9,11,15-16H,5-8,10H2,1-4H3. The largest absolute Gasteiger partial charge is 0.385 e. The van der Waals surface area contributed by atoms with Gasteiger partial charge < -0.3 is 10.1 Å². The summed E-state index contributed by atoms with van der Waals surface area (Å²) in [5.74, 6) is 0. The lowest BCUT2D eigenvalue weighted by atomic mass is 10.3. The molecule has 0 aliphatic heterocycles. The molecule has 1 rings (SSSR count). The quantitative estimate of drug-likeness (QED) is 0.644. The van der Waals surface area contributed by atoms with E-state index in [1.54, 1.807) is 13.2 Å². The molecule has 5 nitrogen and oxygen atoms in total. The first kappa shape index (κ1) is 18.6. The molecular formula is C14H26N2O3S2. The van der Waals surface area contributed by atoms with Crippen molar-refractivity contribution in [1.82, 2.24) is 10.0 Å². The summed E-state index contributed by atoms with van der Waals surface area (Å²) in [6, 6.07) is 1.63. The average molecular weight is 335 g/mol. The Morgan fingerprint density at radius 3 is 2.76 bits per heavy atom. The zero-order chi connectivity index (χ0) is 15.9. The monoisotopic (exact) mass is 334 g/mol. The molecular weight excluding hydrogens is 308 g/mol. The zero-order valence-corrected chi connectivity index (χ0v) is 14.9. The van der Waals surface area contributed by atoms with Gasteiger partial charge in [-0.15, -0.1) is 11.3 Å². The number of aryl methyl sites for hydroxylation is 1. The van der Waals surface area contributed by atoms with Crippen LogP contribution in [0.25, 0.3) is 0 Å². The molecule has 0 saturated heterocycles. The number of thiophene rings is 1. The van der Waals surface area contributed by atoms with Crippen molar-refractivity contribution in [3.05, 3.63) is 15.8 Å². The summed E-state index contributed by atoms with van der Waals surface area (Å²) in [6.07, 6.45) is 1.72. The van der Waals surface area contributed by atoms with Gasteiger partial charge in [-0.2, -0.15) is 0 Å². The van der Waals surface area contributed by atoms with Gasteiger partial charge in [0, 0.05) is 36.1 Å². The summed E-state index contributed by atoms with van der Waals surface area (Å²) < 4.78 is 32.5. The zero-order valence-electron chi connectivity index (χ0n) is 13.2. The van der Waals surface area contributed by atoms with Gasteiger partial charge in [0.25, 0.3) is 0 Å². The van der Waals surface area contributed by atoms with Crippen LogP contribution in [-0.2, 0) is 21.3 Å². The number of nitrogens with one attached hydrogen (secondary N) is 2. The van der Waals surface area contributed by atoms with E-state index in [-0.39, 0.29) is 6.04 Å². The maximum atomic E-state index is 12.4. The van der Waals surface area contributed by atoms with Crippen LogP contribution in [0.15, 0.2) is 11.0 Å². The predicted octanol–water partition coefficient (Wildman–Crippen LogP) is 2.26.